The van der Waals surface area contributed by atoms with Crippen LogP contribution >= 0.6 is 23.4 Å². The number of carbonyl (C=O) groups excluding carboxylic acids is 1. The number of benzene rings is 2. The van der Waals surface area contributed by atoms with E-state index in [-0.39, 0.29) is 18.2 Å². The molecule has 8 nitrogen and oxygen atoms in total. The number of ether oxygens (including phenoxy) is 3. The summed E-state index contributed by atoms with van der Waals surface area (Å²) >= 11 is 7.33. The Balaban J connectivity index is 1.62. The van der Waals surface area contributed by atoms with Crippen LogP contribution in [0.15, 0.2) is 47.9 Å². The second-order valence-corrected chi connectivity index (χ2v) is 7.43. The van der Waals surface area contributed by atoms with Gasteiger partial charge in [0.15, 0.2) is 16.7 Å². The van der Waals surface area contributed by atoms with E-state index in [0.717, 1.165) is 11.3 Å². The summed E-state index contributed by atoms with van der Waals surface area (Å²) in [6.07, 6.45) is 1.58. The third-order valence-corrected chi connectivity index (χ3v) is 5.38. The van der Waals surface area contributed by atoms with Crippen LogP contribution in [0.1, 0.15) is 5.56 Å². The maximum atomic E-state index is 12.4. The molecule has 0 aliphatic carbocycles. The molecule has 30 heavy (non-hydrogen) atoms. The first kappa shape index (κ1) is 21.8. The Kier molecular flexibility index (Phi) is 7.42. The van der Waals surface area contributed by atoms with Crippen molar-refractivity contribution >= 4 is 29.3 Å². The van der Waals surface area contributed by atoms with E-state index in [4.69, 9.17) is 25.8 Å². The van der Waals surface area contributed by atoms with Crippen LogP contribution in [0.2, 0.25) is 5.02 Å². The molecule has 0 atom stereocenters. The van der Waals surface area contributed by atoms with E-state index in [1.807, 2.05) is 12.1 Å². The van der Waals surface area contributed by atoms with E-state index >= 15 is 0 Å². The highest BCUT2D eigenvalue weighted by Gasteiger charge is 2.14. The summed E-state index contributed by atoms with van der Waals surface area (Å²) < 4.78 is 17.8. The van der Waals surface area contributed by atoms with Gasteiger partial charge in [0.1, 0.15) is 12.1 Å². The average Bonchev–Trinajstić information content (AvgIpc) is 3.24. The molecule has 0 aliphatic heterocycles. The molecule has 0 saturated carbocycles. The zero-order valence-corrected chi connectivity index (χ0v) is 18.3. The molecular formula is C20H21ClN4O4S. The van der Waals surface area contributed by atoms with Gasteiger partial charge in [-0.25, -0.2) is 0 Å². The molecule has 2 aromatic carbocycles. The zero-order valence-electron chi connectivity index (χ0n) is 16.7. The average molecular weight is 449 g/mol. The molecule has 3 aromatic rings. The lowest BCUT2D eigenvalue weighted by Crippen LogP contribution is -2.25. The second-order valence-electron chi connectivity index (χ2n) is 6.05. The molecule has 1 heterocycles. The topological polar surface area (TPSA) is 87.5 Å². The molecule has 1 amide bonds. The molecule has 1 N–H and O–H groups in total. The quantitative estimate of drug-likeness (QED) is 0.502. The number of aromatic nitrogens is 3. The monoisotopic (exact) mass is 448 g/mol. The van der Waals surface area contributed by atoms with Gasteiger partial charge in [-0.15, -0.1) is 10.2 Å². The molecule has 0 unspecified atom stereocenters. The van der Waals surface area contributed by atoms with Gasteiger partial charge in [0.2, 0.25) is 5.91 Å². The molecule has 158 valence electrons. The summed E-state index contributed by atoms with van der Waals surface area (Å²) in [6, 6.07) is 10.8. The van der Waals surface area contributed by atoms with Crippen molar-refractivity contribution in [2.45, 2.75) is 11.7 Å². The minimum absolute atomic E-state index is 0.155. The third kappa shape index (κ3) is 5.17. The molecule has 0 bridgehead atoms. The van der Waals surface area contributed by atoms with Gasteiger partial charge in [-0.05, 0) is 24.3 Å². The maximum Gasteiger partial charge on any atom is 0.230 e. The summed E-state index contributed by atoms with van der Waals surface area (Å²) in [5, 5.41) is 12.1. The highest BCUT2D eigenvalue weighted by molar-refractivity contribution is 7.99. The molecule has 0 radical (unpaired) electrons. The van der Waals surface area contributed by atoms with E-state index < -0.39 is 0 Å². The van der Waals surface area contributed by atoms with Gasteiger partial charge in [0.25, 0.3) is 0 Å². The van der Waals surface area contributed by atoms with Gasteiger partial charge in [-0.3, -0.25) is 9.36 Å². The van der Waals surface area contributed by atoms with Crippen LogP contribution in [0.4, 0.5) is 0 Å². The van der Waals surface area contributed by atoms with Gasteiger partial charge in [-0.2, -0.15) is 0 Å². The fourth-order valence-electron chi connectivity index (χ4n) is 2.73. The maximum absolute atomic E-state index is 12.4. The van der Waals surface area contributed by atoms with E-state index in [0.29, 0.717) is 27.4 Å². The first-order chi connectivity index (χ1) is 14.5. The van der Waals surface area contributed by atoms with Gasteiger partial charge < -0.3 is 19.5 Å². The number of carbonyl (C=O) groups is 1. The Morgan fingerprint density at radius 1 is 1.10 bits per heavy atom. The lowest BCUT2D eigenvalue weighted by atomic mass is 10.1. The number of thioether (sulfide) groups is 1. The van der Waals surface area contributed by atoms with Crippen LogP contribution in [0.5, 0.6) is 17.2 Å². The Morgan fingerprint density at radius 3 is 2.53 bits per heavy atom. The highest BCUT2D eigenvalue weighted by atomic mass is 35.5. The Hall–Kier alpha value is -2.91. The minimum atomic E-state index is -0.155. The standard InChI is InChI=1S/C20H21ClN4O4S/c1-27-16-9-18(29-3)17(28-2)7-13(16)10-22-19(26)11-30-20-24-23-12-25(20)15-6-4-5-14(21)8-15/h4-9,12H,10-11H2,1-3H3,(H,22,26). The smallest absolute Gasteiger partial charge is 0.230 e. The lowest BCUT2D eigenvalue weighted by Gasteiger charge is -2.14. The van der Waals surface area contributed by atoms with Crippen molar-refractivity contribution in [3.63, 3.8) is 0 Å². The summed E-state index contributed by atoms with van der Waals surface area (Å²) in [5.41, 5.74) is 1.60. The SMILES string of the molecule is COc1cc(OC)c(OC)cc1CNC(=O)CSc1nncn1-c1cccc(Cl)c1. The minimum Gasteiger partial charge on any atom is -0.496 e. The van der Waals surface area contributed by atoms with Crippen molar-refractivity contribution in [3.8, 4) is 22.9 Å². The summed E-state index contributed by atoms with van der Waals surface area (Å²) in [6.45, 7) is 0.282. The first-order valence-corrected chi connectivity index (χ1v) is 10.3. The van der Waals surface area contributed by atoms with Crippen LogP contribution in [-0.2, 0) is 11.3 Å². The number of amides is 1. The Bertz CT molecular complexity index is 1030. The van der Waals surface area contributed by atoms with Crippen molar-refractivity contribution < 1.29 is 19.0 Å². The normalized spacial score (nSPS) is 10.5. The van der Waals surface area contributed by atoms with Crippen LogP contribution in [0.3, 0.4) is 0 Å². The third-order valence-electron chi connectivity index (χ3n) is 4.20. The molecule has 3 rings (SSSR count). The number of methoxy groups -OCH3 is 3. The van der Waals surface area contributed by atoms with Crippen LogP contribution in [0, 0.1) is 0 Å². The van der Waals surface area contributed by atoms with Gasteiger partial charge in [0.05, 0.1) is 32.8 Å². The van der Waals surface area contributed by atoms with E-state index in [2.05, 4.69) is 15.5 Å². The molecule has 0 saturated heterocycles. The fraction of sp³-hybridized carbons (Fsp3) is 0.250. The Labute approximate surface area is 183 Å². The predicted molar refractivity (Wildman–Crippen MR) is 115 cm³/mol. The second kappa shape index (κ2) is 10.2. The lowest BCUT2D eigenvalue weighted by molar-refractivity contribution is -0.118. The molecule has 0 spiro atoms. The van der Waals surface area contributed by atoms with Crippen molar-refractivity contribution in [2.75, 3.05) is 27.1 Å². The number of hydrogen-bond acceptors (Lipinski definition) is 7. The van der Waals surface area contributed by atoms with Crippen LogP contribution < -0.4 is 19.5 Å². The number of halogens is 1. The van der Waals surface area contributed by atoms with Gasteiger partial charge in [0, 0.05) is 23.2 Å². The van der Waals surface area contributed by atoms with Crippen molar-refractivity contribution in [1.29, 1.82) is 0 Å². The highest BCUT2D eigenvalue weighted by Crippen LogP contribution is 2.34. The van der Waals surface area contributed by atoms with E-state index in [9.17, 15) is 4.79 Å². The molecular weight excluding hydrogens is 428 g/mol. The van der Waals surface area contributed by atoms with Crippen molar-refractivity contribution in [2.24, 2.45) is 0 Å². The number of nitrogens with one attached hydrogen (secondary N) is 1. The largest absolute Gasteiger partial charge is 0.496 e. The van der Waals surface area contributed by atoms with E-state index in [1.54, 1.807) is 56.5 Å². The molecule has 1 aromatic heterocycles. The first-order valence-electron chi connectivity index (χ1n) is 8.90. The van der Waals surface area contributed by atoms with Crippen molar-refractivity contribution in [1.82, 2.24) is 20.1 Å². The predicted octanol–water partition coefficient (Wildman–Crippen LogP) is 3.36. The summed E-state index contributed by atoms with van der Waals surface area (Å²) in [4.78, 5) is 12.4. The van der Waals surface area contributed by atoms with Gasteiger partial charge in [-0.1, -0.05) is 29.4 Å². The van der Waals surface area contributed by atoms with Crippen LogP contribution in [0.25, 0.3) is 5.69 Å². The van der Waals surface area contributed by atoms with Crippen molar-refractivity contribution in [3.05, 3.63) is 53.3 Å². The molecule has 10 heteroatoms. The molecule has 0 fully saturated rings. The van der Waals surface area contributed by atoms with Crippen LogP contribution in [-0.4, -0.2) is 47.8 Å². The summed E-state index contributed by atoms with van der Waals surface area (Å²) in [7, 11) is 4.67. The molecule has 0 aliphatic rings. The van der Waals surface area contributed by atoms with Gasteiger partial charge >= 0.3 is 0 Å². The number of hydrogen-bond donors (Lipinski definition) is 1. The number of nitrogens with zero attached hydrogens (tertiary/aromatic N) is 3. The van der Waals surface area contributed by atoms with E-state index in [1.165, 1.54) is 11.8 Å². The fourth-order valence-corrected chi connectivity index (χ4v) is 3.67. The Morgan fingerprint density at radius 2 is 1.83 bits per heavy atom. The zero-order chi connectivity index (χ0) is 21.5. The number of rotatable bonds is 9. The summed E-state index contributed by atoms with van der Waals surface area (Å²) in [5.74, 6) is 1.74.